The first-order valence-electron chi connectivity index (χ1n) is 11.9. The summed E-state index contributed by atoms with van der Waals surface area (Å²) in [5.74, 6) is -1.20. The van der Waals surface area contributed by atoms with Gasteiger partial charge in [-0.05, 0) is 41.5 Å². The number of likely N-dealkylation sites (tertiary alicyclic amines) is 1. The zero-order valence-electron chi connectivity index (χ0n) is 19.9. The van der Waals surface area contributed by atoms with Gasteiger partial charge in [0.05, 0.1) is 5.41 Å². The van der Waals surface area contributed by atoms with Gasteiger partial charge in [0.25, 0.3) is 0 Å². The van der Waals surface area contributed by atoms with E-state index in [0.717, 1.165) is 22.3 Å². The highest BCUT2D eigenvalue weighted by molar-refractivity contribution is 5.82. The van der Waals surface area contributed by atoms with E-state index in [0.29, 0.717) is 13.0 Å². The third-order valence-corrected chi connectivity index (χ3v) is 7.52. The molecule has 0 unspecified atom stereocenters. The van der Waals surface area contributed by atoms with Gasteiger partial charge in [0.15, 0.2) is 0 Å². The highest BCUT2D eigenvalue weighted by Crippen LogP contribution is 2.44. The van der Waals surface area contributed by atoms with Crippen molar-refractivity contribution in [1.82, 2.24) is 10.2 Å². The molecule has 7 heteroatoms. The smallest absolute Gasteiger partial charge is 0.407 e. The number of carbonyl (C=O) groups is 3. The molecule has 1 fully saturated rings. The molecule has 2 aromatic carbocycles. The van der Waals surface area contributed by atoms with Crippen molar-refractivity contribution in [3.63, 3.8) is 0 Å². The third kappa shape index (κ3) is 4.39. The number of carboxylic acid groups (broad SMARTS) is 1. The summed E-state index contributed by atoms with van der Waals surface area (Å²) in [7, 11) is 0. The van der Waals surface area contributed by atoms with Crippen molar-refractivity contribution in [2.24, 2.45) is 11.3 Å². The number of nitrogens with one attached hydrogen (secondary N) is 1. The number of rotatable bonds is 7. The number of carbonyl (C=O) groups excluding carboxylic acids is 2. The van der Waals surface area contributed by atoms with E-state index in [4.69, 9.17) is 4.74 Å². The van der Waals surface area contributed by atoms with Crippen molar-refractivity contribution in [2.45, 2.75) is 45.6 Å². The fraction of sp³-hybridized carbons (Fsp3) is 0.444. The lowest BCUT2D eigenvalue weighted by Crippen LogP contribution is -2.41. The molecule has 0 spiro atoms. The second kappa shape index (κ2) is 9.49. The number of nitrogens with zero attached hydrogens (tertiary/aromatic N) is 1. The minimum Gasteiger partial charge on any atom is -0.481 e. The molecule has 34 heavy (non-hydrogen) atoms. The van der Waals surface area contributed by atoms with Crippen molar-refractivity contribution in [1.29, 1.82) is 0 Å². The second-order valence-electron chi connectivity index (χ2n) is 9.68. The zero-order valence-corrected chi connectivity index (χ0v) is 19.9. The van der Waals surface area contributed by atoms with Crippen LogP contribution in [-0.4, -0.2) is 53.7 Å². The standard InChI is InChI=1S/C27H32N2O5/c1-4-18(13-24(30)29-14-17(2)27(3,16-29)25(31)32)28-26(33)34-15-23-21-11-7-5-9-19(21)20-10-6-8-12-22(20)23/h5-12,17-18,23H,4,13-16H2,1-3H3,(H,28,33)(H,31,32)/t17-,18-,27-/m1/s1. The Morgan fingerprint density at radius 1 is 1.12 bits per heavy atom. The SMILES string of the molecule is CC[C@H](CC(=O)N1C[C@@H](C)[C@](C)(C(=O)O)C1)NC(=O)OCC1c2ccccc2-c2ccccc21. The molecular weight excluding hydrogens is 432 g/mol. The van der Waals surface area contributed by atoms with Crippen LogP contribution in [0.25, 0.3) is 11.1 Å². The average Bonchev–Trinajstić information content (AvgIpc) is 3.32. The molecule has 2 N–H and O–H groups in total. The van der Waals surface area contributed by atoms with Crippen molar-refractivity contribution in [3.05, 3.63) is 59.7 Å². The van der Waals surface area contributed by atoms with Gasteiger partial charge in [-0.25, -0.2) is 4.79 Å². The summed E-state index contributed by atoms with van der Waals surface area (Å²) in [5.41, 5.74) is 3.67. The van der Waals surface area contributed by atoms with Crippen LogP contribution in [-0.2, 0) is 14.3 Å². The lowest BCUT2D eigenvalue weighted by molar-refractivity contribution is -0.149. The largest absolute Gasteiger partial charge is 0.481 e. The normalized spacial score (nSPS) is 22.1. The van der Waals surface area contributed by atoms with Crippen molar-refractivity contribution in [3.8, 4) is 11.1 Å². The number of amides is 2. The zero-order chi connectivity index (χ0) is 24.5. The molecule has 1 saturated heterocycles. The maximum absolute atomic E-state index is 12.8. The quantitative estimate of drug-likeness (QED) is 0.638. The number of hydrogen-bond donors (Lipinski definition) is 2. The summed E-state index contributed by atoms with van der Waals surface area (Å²) in [6.07, 6.45) is 0.130. The van der Waals surface area contributed by atoms with Gasteiger partial charge in [0.2, 0.25) is 5.91 Å². The van der Waals surface area contributed by atoms with Crippen molar-refractivity contribution < 1.29 is 24.2 Å². The number of aliphatic carboxylic acids is 1. The van der Waals surface area contributed by atoms with Gasteiger partial charge < -0.3 is 20.1 Å². The number of hydrogen-bond acceptors (Lipinski definition) is 4. The van der Waals surface area contributed by atoms with E-state index < -0.39 is 17.5 Å². The molecule has 180 valence electrons. The van der Waals surface area contributed by atoms with E-state index >= 15 is 0 Å². The summed E-state index contributed by atoms with van der Waals surface area (Å²) >= 11 is 0. The van der Waals surface area contributed by atoms with Crippen LogP contribution >= 0.6 is 0 Å². The fourth-order valence-corrected chi connectivity index (χ4v) is 5.06. The molecule has 1 heterocycles. The molecule has 0 radical (unpaired) electrons. The van der Waals surface area contributed by atoms with Gasteiger partial charge in [0, 0.05) is 31.5 Å². The van der Waals surface area contributed by atoms with Crippen molar-refractivity contribution >= 4 is 18.0 Å². The Labute approximate surface area is 200 Å². The number of alkyl carbamates (subject to hydrolysis) is 1. The minimum atomic E-state index is -0.947. The molecule has 1 aliphatic carbocycles. The predicted molar refractivity (Wildman–Crippen MR) is 128 cm³/mol. The van der Waals surface area contributed by atoms with E-state index in [2.05, 4.69) is 29.6 Å². The summed E-state index contributed by atoms with van der Waals surface area (Å²) < 4.78 is 5.61. The van der Waals surface area contributed by atoms with Crippen LogP contribution in [0, 0.1) is 11.3 Å². The highest BCUT2D eigenvalue weighted by atomic mass is 16.5. The Hall–Kier alpha value is -3.35. The Morgan fingerprint density at radius 3 is 2.24 bits per heavy atom. The molecule has 0 bridgehead atoms. The van der Waals surface area contributed by atoms with Gasteiger partial charge >= 0.3 is 12.1 Å². The predicted octanol–water partition coefficient (Wildman–Crippen LogP) is 4.26. The molecule has 3 atom stereocenters. The highest BCUT2D eigenvalue weighted by Gasteiger charge is 2.47. The summed E-state index contributed by atoms with van der Waals surface area (Å²) in [6, 6.07) is 15.9. The molecule has 0 aromatic heterocycles. The van der Waals surface area contributed by atoms with E-state index in [1.165, 1.54) is 0 Å². The fourth-order valence-electron chi connectivity index (χ4n) is 5.06. The van der Waals surface area contributed by atoms with Gasteiger partial charge in [-0.3, -0.25) is 9.59 Å². The van der Waals surface area contributed by atoms with Gasteiger partial charge in [0.1, 0.15) is 6.61 Å². The van der Waals surface area contributed by atoms with Crippen molar-refractivity contribution in [2.75, 3.05) is 19.7 Å². The Morgan fingerprint density at radius 2 is 1.71 bits per heavy atom. The average molecular weight is 465 g/mol. The lowest BCUT2D eigenvalue weighted by atomic mass is 9.81. The number of benzene rings is 2. The maximum Gasteiger partial charge on any atom is 0.407 e. The van der Waals surface area contributed by atoms with E-state index in [-0.39, 0.29) is 43.4 Å². The summed E-state index contributed by atoms with van der Waals surface area (Å²) in [6.45, 7) is 6.24. The minimum absolute atomic E-state index is 0.0281. The Kier molecular flexibility index (Phi) is 6.64. The van der Waals surface area contributed by atoms with Gasteiger partial charge in [-0.2, -0.15) is 0 Å². The molecule has 1 aliphatic heterocycles. The Balaban J connectivity index is 1.34. The first-order chi connectivity index (χ1) is 16.2. The molecule has 0 saturated carbocycles. The third-order valence-electron chi connectivity index (χ3n) is 7.52. The molecule has 7 nitrogen and oxygen atoms in total. The monoisotopic (exact) mass is 464 g/mol. The second-order valence-corrected chi connectivity index (χ2v) is 9.68. The summed E-state index contributed by atoms with van der Waals surface area (Å²) in [4.78, 5) is 38.7. The van der Waals surface area contributed by atoms with Crippen LogP contribution in [0.5, 0.6) is 0 Å². The van der Waals surface area contributed by atoms with Crippen LogP contribution < -0.4 is 5.32 Å². The summed E-state index contributed by atoms with van der Waals surface area (Å²) in [5, 5.41) is 12.4. The first-order valence-corrected chi connectivity index (χ1v) is 11.9. The van der Waals surface area contributed by atoms with Crippen LogP contribution in [0.2, 0.25) is 0 Å². The van der Waals surface area contributed by atoms with Crippen LogP contribution in [0.15, 0.2) is 48.5 Å². The van der Waals surface area contributed by atoms with Gasteiger partial charge in [-0.15, -0.1) is 0 Å². The Bertz CT molecular complexity index is 1050. The lowest BCUT2D eigenvalue weighted by Gasteiger charge is -2.24. The number of carboxylic acids is 1. The maximum atomic E-state index is 12.8. The van der Waals surface area contributed by atoms with E-state index in [1.807, 2.05) is 38.1 Å². The van der Waals surface area contributed by atoms with E-state index in [9.17, 15) is 19.5 Å². The van der Waals surface area contributed by atoms with Crippen LogP contribution in [0.4, 0.5) is 4.79 Å². The molecule has 2 aliphatic rings. The van der Waals surface area contributed by atoms with Crippen LogP contribution in [0.3, 0.4) is 0 Å². The molecular formula is C27H32N2O5. The van der Waals surface area contributed by atoms with Crippen LogP contribution in [0.1, 0.15) is 50.7 Å². The van der Waals surface area contributed by atoms with E-state index in [1.54, 1.807) is 11.8 Å². The number of ether oxygens (including phenoxy) is 1. The molecule has 4 rings (SSSR count). The molecule has 2 amide bonds. The first kappa shape index (κ1) is 23.8. The van der Waals surface area contributed by atoms with Gasteiger partial charge in [-0.1, -0.05) is 62.4 Å². The molecule has 2 aromatic rings. The topological polar surface area (TPSA) is 95.9 Å². The number of fused-ring (bicyclic) bond motifs is 3.